The summed E-state index contributed by atoms with van der Waals surface area (Å²) in [6, 6.07) is 27.3. The molecule has 0 fully saturated rings. The first kappa shape index (κ1) is 47.7. The predicted octanol–water partition coefficient (Wildman–Crippen LogP) is 11.9. The van der Waals surface area contributed by atoms with Crippen LogP contribution in [0.2, 0.25) is 0 Å². The van der Waals surface area contributed by atoms with Gasteiger partial charge in [-0.25, -0.2) is 9.59 Å². The number of benzene rings is 4. The Hall–Kier alpha value is -6.21. The molecule has 2 aromatic heterocycles. The van der Waals surface area contributed by atoms with Gasteiger partial charge in [-0.1, -0.05) is 11.6 Å². The lowest BCUT2D eigenvalue weighted by Crippen LogP contribution is -2.10. The van der Waals surface area contributed by atoms with Gasteiger partial charge in [-0.15, -0.1) is 22.7 Å². The number of carbonyl (C=O) groups is 4. The fourth-order valence-corrected chi connectivity index (χ4v) is 11.0. The van der Waals surface area contributed by atoms with Crippen molar-refractivity contribution in [1.29, 1.82) is 0 Å². The minimum atomic E-state index is -0.843. The molecule has 66 heavy (non-hydrogen) atoms. The number of aldehydes is 1. The second-order valence-corrected chi connectivity index (χ2v) is 18.3. The molecular weight excluding hydrogens is 896 g/mol. The standard InChI is InChI=1S/C16H16O3S.C14H12O3S.C12H11ClO2.C11H12O2/c1-3-19-16(17)14-9-11-5-4-10-8-12(18-2)6-7-13(10)15(11)20-14;1-17-10-4-5-11-8(6-10)2-3-9-7-12(14(15)16)18-13(9)11;1-15-10-4-5-11-8(6-10)2-3-9(7-14)12(11)13;1-13-9-5-6-10-8(7-9)3-2-4-11(10)12/h6-9H,3-5H2,1-2H3;4-7H,2-3H2,1H3,(H,15,16);4-7H,2-3H2,1H3;5-7H,2-4H2,1H3. The number of esters is 1. The lowest BCUT2D eigenvalue weighted by atomic mass is 9.91. The van der Waals surface area contributed by atoms with Crippen LogP contribution >= 0.6 is 34.3 Å². The number of ketones is 1. The Kier molecular flexibility index (Phi) is 15.8. The lowest BCUT2D eigenvalue weighted by Gasteiger charge is -2.17. The number of aryl methyl sites for hydroxylation is 6. The number of thiophene rings is 2. The van der Waals surface area contributed by atoms with Gasteiger partial charge in [0, 0.05) is 27.3 Å². The number of carboxylic acid groups (broad SMARTS) is 1. The maximum absolute atomic E-state index is 11.8. The summed E-state index contributed by atoms with van der Waals surface area (Å²) in [5, 5.41) is 9.63. The fraction of sp³-hybridized carbons (Fsp3) is 0.283. The zero-order valence-corrected chi connectivity index (χ0v) is 39.9. The molecule has 13 heteroatoms. The van der Waals surface area contributed by atoms with E-state index in [2.05, 4.69) is 12.1 Å². The number of Topliss-reactive ketones (excluding diaryl/α,β-unsaturated/α-hetero) is 1. The third kappa shape index (κ3) is 10.7. The largest absolute Gasteiger partial charge is 0.497 e. The second kappa shape index (κ2) is 21.9. The average Bonchev–Trinajstić information content (AvgIpc) is 4.01. The van der Waals surface area contributed by atoms with Gasteiger partial charge in [0.15, 0.2) is 5.78 Å². The van der Waals surface area contributed by atoms with Gasteiger partial charge in [0.1, 0.15) is 39.0 Å². The van der Waals surface area contributed by atoms with Crippen LogP contribution < -0.4 is 18.9 Å². The summed E-state index contributed by atoms with van der Waals surface area (Å²) >= 11 is 9.00. The molecule has 6 aromatic rings. The molecule has 0 saturated carbocycles. The van der Waals surface area contributed by atoms with E-state index in [1.165, 1.54) is 49.8 Å². The van der Waals surface area contributed by atoms with Gasteiger partial charge < -0.3 is 28.8 Å². The van der Waals surface area contributed by atoms with E-state index in [1.807, 2.05) is 73.7 Å². The van der Waals surface area contributed by atoms with Crippen molar-refractivity contribution in [2.75, 3.05) is 35.0 Å². The van der Waals surface area contributed by atoms with Crippen LogP contribution in [0.15, 0.2) is 90.5 Å². The third-order valence-electron chi connectivity index (χ3n) is 11.8. The van der Waals surface area contributed by atoms with Gasteiger partial charge in [0.05, 0.1) is 40.1 Å². The summed E-state index contributed by atoms with van der Waals surface area (Å²) in [5.41, 5.74) is 12.1. The summed E-state index contributed by atoms with van der Waals surface area (Å²) in [5.74, 6) is 2.61. The summed E-state index contributed by atoms with van der Waals surface area (Å²) < 4.78 is 25.8. The molecule has 10 rings (SSSR count). The van der Waals surface area contributed by atoms with E-state index in [0.29, 0.717) is 39.8 Å². The van der Waals surface area contributed by atoms with Crippen molar-refractivity contribution in [3.63, 3.8) is 0 Å². The number of aromatic carboxylic acids is 1. The fourth-order valence-electron chi connectivity index (χ4n) is 8.41. The Morgan fingerprint density at radius 3 is 1.48 bits per heavy atom. The summed E-state index contributed by atoms with van der Waals surface area (Å²) in [7, 11) is 6.62. The van der Waals surface area contributed by atoms with E-state index < -0.39 is 5.97 Å². The number of allylic oxidation sites excluding steroid dienone is 1. The van der Waals surface area contributed by atoms with Gasteiger partial charge >= 0.3 is 11.9 Å². The number of carboxylic acids is 1. The third-order valence-corrected chi connectivity index (χ3v) is 14.7. The number of rotatable bonds is 8. The molecule has 0 spiro atoms. The second-order valence-electron chi connectivity index (χ2n) is 15.8. The predicted molar refractivity (Wildman–Crippen MR) is 261 cm³/mol. The number of carbonyl (C=O) groups excluding carboxylic acids is 3. The van der Waals surface area contributed by atoms with Gasteiger partial charge in [0.25, 0.3) is 0 Å². The van der Waals surface area contributed by atoms with Crippen LogP contribution in [0, 0.1) is 0 Å². The molecule has 0 unspecified atom stereocenters. The van der Waals surface area contributed by atoms with Crippen LogP contribution in [0.4, 0.5) is 0 Å². The molecule has 0 amide bonds. The first-order valence-electron chi connectivity index (χ1n) is 21.7. The molecule has 0 radical (unpaired) electrons. The summed E-state index contributed by atoms with van der Waals surface area (Å²) in [4.78, 5) is 48.4. The van der Waals surface area contributed by atoms with Crippen LogP contribution in [0.1, 0.15) is 94.8 Å². The topological polar surface area (TPSA) is 135 Å². The first-order valence-corrected chi connectivity index (χ1v) is 23.7. The molecule has 0 saturated heterocycles. The molecule has 342 valence electrons. The summed E-state index contributed by atoms with van der Waals surface area (Å²) in [6.45, 7) is 2.24. The Labute approximate surface area is 397 Å². The highest BCUT2D eigenvalue weighted by Gasteiger charge is 2.24. The molecule has 2 heterocycles. The monoisotopic (exact) mass is 946 g/mol. The normalized spacial score (nSPS) is 13.6. The highest BCUT2D eigenvalue weighted by atomic mass is 35.5. The minimum Gasteiger partial charge on any atom is -0.497 e. The van der Waals surface area contributed by atoms with Crippen molar-refractivity contribution in [2.24, 2.45) is 0 Å². The van der Waals surface area contributed by atoms with Gasteiger partial charge in [0.2, 0.25) is 0 Å². The number of hydrogen-bond donors (Lipinski definition) is 1. The highest BCUT2D eigenvalue weighted by Crippen LogP contribution is 2.42. The van der Waals surface area contributed by atoms with E-state index in [4.69, 9.17) is 40.4 Å². The van der Waals surface area contributed by atoms with Crippen LogP contribution in [-0.2, 0) is 48.1 Å². The van der Waals surface area contributed by atoms with Crippen LogP contribution in [0.3, 0.4) is 0 Å². The lowest BCUT2D eigenvalue weighted by molar-refractivity contribution is -0.105. The average molecular weight is 948 g/mol. The van der Waals surface area contributed by atoms with Crippen molar-refractivity contribution >= 4 is 63.3 Å². The maximum Gasteiger partial charge on any atom is 0.348 e. The number of ether oxygens (including phenoxy) is 5. The number of methoxy groups -OCH3 is 4. The van der Waals surface area contributed by atoms with Crippen molar-refractivity contribution in [1.82, 2.24) is 0 Å². The zero-order chi connectivity index (χ0) is 46.9. The Bertz CT molecular complexity index is 2820. The quantitative estimate of drug-likeness (QED) is 0.116. The van der Waals surface area contributed by atoms with E-state index >= 15 is 0 Å². The minimum absolute atomic E-state index is 0.220. The number of fused-ring (bicyclic) bond motifs is 8. The van der Waals surface area contributed by atoms with Crippen LogP contribution in [0.25, 0.3) is 25.9 Å². The number of halogens is 1. The molecular formula is C53H51ClO10S2. The number of hydrogen-bond acceptors (Lipinski definition) is 11. The first-order chi connectivity index (χ1) is 32.0. The SMILES string of the molecule is CCOC(=O)c1cc2c(s1)-c1ccc(OC)cc1CC2.COc1ccc2c(c1)CCC(C=O)=C2Cl.COc1ccc2c(c1)CCCC2=O.COc1ccc2c(c1)CCc1cc(C(=O)O)sc1-2. The maximum atomic E-state index is 11.8. The van der Waals surface area contributed by atoms with E-state index in [0.717, 1.165) is 112 Å². The molecule has 0 bridgehead atoms. The molecule has 4 aliphatic rings. The Morgan fingerprint density at radius 2 is 1.00 bits per heavy atom. The molecule has 0 aliphatic heterocycles. The van der Waals surface area contributed by atoms with Gasteiger partial charge in [-0.3, -0.25) is 9.59 Å². The molecule has 10 nitrogen and oxygen atoms in total. The van der Waals surface area contributed by atoms with E-state index in [1.54, 1.807) is 34.5 Å². The molecule has 4 aromatic carbocycles. The Morgan fingerprint density at radius 1 is 0.576 bits per heavy atom. The Balaban J connectivity index is 0.000000133. The molecule has 4 aliphatic carbocycles. The van der Waals surface area contributed by atoms with Gasteiger partial charge in [-0.05, 0) is 193 Å². The highest BCUT2D eigenvalue weighted by molar-refractivity contribution is 7.18. The van der Waals surface area contributed by atoms with Crippen molar-refractivity contribution in [2.45, 2.75) is 64.7 Å². The molecule has 1 N–H and O–H groups in total. The van der Waals surface area contributed by atoms with Crippen LogP contribution in [-0.4, -0.2) is 64.2 Å². The molecule has 0 atom stereocenters. The smallest absolute Gasteiger partial charge is 0.348 e. The zero-order valence-electron chi connectivity index (χ0n) is 37.5. The van der Waals surface area contributed by atoms with Crippen molar-refractivity contribution < 1.29 is 48.0 Å². The van der Waals surface area contributed by atoms with Crippen molar-refractivity contribution in [3.8, 4) is 43.9 Å². The van der Waals surface area contributed by atoms with E-state index in [9.17, 15) is 19.2 Å². The van der Waals surface area contributed by atoms with E-state index in [-0.39, 0.29) is 11.8 Å². The van der Waals surface area contributed by atoms with Crippen molar-refractivity contribution in [3.05, 3.63) is 145 Å². The van der Waals surface area contributed by atoms with Gasteiger partial charge in [-0.2, -0.15) is 0 Å². The summed E-state index contributed by atoms with van der Waals surface area (Å²) in [6.07, 6.45) is 8.85. The van der Waals surface area contributed by atoms with Crippen LogP contribution in [0.5, 0.6) is 23.0 Å².